The van der Waals surface area contributed by atoms with Crippen molar-refractivity contribution < 1.29 is 9.53 Å². The number of nitriles is 1. The zero-order valence-corrected chi connectivity index (χ0v) is 8.99. The number of hydrogen-bond donors (Lipinski definition) is 0. The maximum Gasteiger partial charge on any atom is 0.307 e. The van der Waals surface area contributed by atoms with Crippen LogP contribution in [0.4, 0.5) is 0 Å². The monoisotopic (exact) mass is 223 g/mol. The Kier molecular flexibility index (Phi) is 4.14. The first-order chi connectivity index (χ1) is 7.17. The van der Waals surface area contributed by atoms with E-state index in [2.05, 4.69) is 10.8 Å². The average molecular weight is 224 g/mol. The third-order valence-corrected chi connectivity index (χ3v) is 2.28. The van der Waals surface area contributed by atoms with Crippen molar-refractivity contribution in [3.8, 4) is 6.07 Å². The molecule has 0 spiro atoms. The number of halogens is 1. The molecule has 0 heterocycles. The van der Waals surface area contributed by atoms with E-state index in [1.165, 1.54) is 7.11 Å². The fourth-order valence-corrected chi connectivity index (χ4v) is 1.31. The van der Waals surface area contributed by atoms with Gasteiger partial charge in [-0.05, 0) is 17.7 Å². The van der Waals surface area contributed by atoms with Crippen molar-refractivity contribution in [1.82, 2.24) is 0 Å². The van der Waals surface area contributed by atoms with Crippen molar-refractivity contribution in [3.63, 3.8) is 0 Å². The first-order valence-electron chi connectivity index (χ1n) is 4.39. The molecule has 1 rings (SSSR count). The highest BCUT2D eigenvalue weighted by Gasteiger charge is 2.15. The maximum atomic E-state index is 11.0. The molecule has 4 heteroatoms. The summed E-state index contributed by atoms with van der Waals surface area (Å²) in [7, 11) is 1.30. The zero-order chi connectivity index (χ0) is 11.3. The Bertz CT molecular complexity index is 381. The summed E-state index contributed by atoms with van der Waals surface area (Å²) in [6.45, 7) is 0. The van der Waals surface area contributed by atoms with Gasteiger partial charge in [-0.3, -0.25) is 4.79 Å². The molecule has 0 aromatic heterocycles. The number of benzene rings is 1. The van der Waals surface area contributed by atoms with Gasteiger partial charge in [0.05, 0.1) is 25.5 Å². The largest absolute Gasteiger partial charge is 0.469 e. The van der Waals surface area contributed by atoms with Crippen molar-refractivity contribution in [2.24, 2.45) is 0 Å². The molecular formula is C11H10ClNO2. The number of hydrogen-bond acceptors (Lipinski definition) is 3. The van der Waals surface area contributed by atoms with Crippen LogP contribution in [0.5, 0.6) is 0 Å². The van der Waals surface area contributed by atoms with E-state index in [0.717, 1.165) is 5.56 Å². The molecule has 78 valence electrons. The molecule has 0 amide bonds. The Labute approximate surface area is 93.2 Å². The van der Waals surface area contributed by atoms with Crippen LogP contribution in [0.2, 0.25) is 5.02 Å². The van der Waals surface area contributed by atoms with E-state index in [9.17, 15) is 4.79 Å². The quantitative estimate of drug-likeness (QED) is 0.740. The van der Waals surface area contributed by atoms with Crippen LogP contribution in [-0.2, 0) is 9.53 Å². The van der Waals surface area contributed by atoms with E-state index >= 15 is 0 Å². The standard InChI is InChI=1S/C11H10ClNO2/c1-15-11(14)6-9(7-13)8-2-4-10(12)5-3-8/h2-5,9H,6H2,1H3/t9-/m1/s1. The van der Waals surface area contributed by atoms with Crippen LogP contribution in [0.3, 0.4) is 0 Å². The number of esters is 1. The van der Waals surface area contributed by atoms with E-state index in [4.69, 9.17) is 16.9 Å². The van der Waals surface area contributed by atoms with Crippen LogP contribution in [-0.4, -0.2) is 13.1 Å². The molecule has 0 radical (unpaired) electrons. The van der Waals surface area contributed by atoms with Crippen molar-refractivity contribution >= 4 is 17.6 Å². The van der Waals surface area contributed by atoms with Crippen LogP contribution in [0.25, 0.3) is 0 Å². The Balaban J connectivity index is 2.80. The molecule has 0 N–H and O–H groups in total. The number of carbonyl (C=O) groups excluding carboxylic acids is 1. The maximum absolute atomic E-state index is 11.0. The molecule has 1 aromatic rings. The number of rotatable bonds is 3. The van der Waals surface area contributed by atoms with Gasteiger partial charge in [-0.1, -0.05) is 23.7 Å². The zero-order valence-electron chi connectivity index (χ0n) is 8.24. The number of carbonyl (C=O) groups is 1. The summed E-state index contributed by atoms with van der Waals surface area (Å²) in [5.74, 6) is -0.869. The summed E-state index contributed by atoms with van der Waals surface area (Å²) in [4.78, 5) is 11.0. The molecule has 0 unspecified atom stereocenters. The molecule has 0 saturated carbocycles. The van der Waals surface area contributed by atoms with Gasteiger partial charge in [0, 0.05) is 5.02 Å². The van der Waals surface area contributed by atoms with Crippen molar-refractivity contribution in [2.75, 3.05) is 7.11 Å². The number of ether oxygens (including phenoxy) is 1. The van der Waals surface area contributed by atoms with Gasteiger partial charge < -0.3 is 4.74 Å². The molecule has 0 saturated heterocycles. The first kappa shape index (κ1) is 11.5. The summed E-state index contributed by atoms with van der Waals surface area (Å²) in [5, 5.41) is 9.51. The minimum absolute atomic E-state index is 0.0641. The molecule has 15 heavy (non-hydrogen) atoms. The highest BCUT2D eigenvalue weighted by Crippen LogP contribution is 2.21. The van der Waals surface area contributed by atoms with Crippen molar-refractivity contribution in [1.29, 1.82) is 5.26 Å². The lowest BCUT2D eigenvalue weighted by atomic mass is 9.97. The predicted molar refractivity (Wildman–Crippen MR) is 56.4 cm³/mol. The Morgan fingerprint density at radius 2 is 2.13 bits per heavy atom. The van der Waals surface area contributed by atoms with Gasteiger partial charge in [0.1, 0.15) is 0 Å². The molecule has 0 aliphatic rings. The van der Waals surface area contributed by atoms with Gasteiger partial charge in [-0.15, -0.1) is 0 Å². The second-order valence-corrected chi connectivity index (χ2v) is 3.45. The SMILES string of the molecule is COC(=O)C[C@H](C#N)c1ccc(Cl)cc1. The van der Waals surface area contributed by atoms with Gasteiger partial charge in [0.2, 0.25) is 0 Å². The molecular weight excluding hydrogens is 214 g/mol. The minimum atomic E-state index is -0.477. The lowest BCUT2D eigenvalue weighted by Crippen LogP contribution is -2.07. The fourth-order valence-electron chi connectivity index (χ4n) is 1.18. The van der Waals surface area contributed by atoms with Crippen LogP contribution in [0.1, 0.15) is 17.9 Å². The third-order valence-electron chi connectivity index (χ3n) is 2.03. The normalized spacial score (nSPS) is 11.5. The van der Waals surface area contributed by atoms with Crippen LogP contribution >= 0.6 is 11.6 Å². The van der Waals surface area contributed by atoms with Crippen molar-refractivity contribution in [2.45, 2.75) is 12.3 Å². The predicted octanol–water partition coefficient (Wildman–Crippen LogP) is 2.51. The van der Waals surface area contributed by atoms with E-state index < -0.39 is 11.9 Å². The molecule has 1 aromatic carbocycles. The molecule has 0 aliphatic carbocycles. The first-order valence-corrected chi connectivity index (χ1v) is 4.77. The van der Waals surface area contributed by atoms with Gasteiger partial charge in [0.15, 0.2) is 0 Å². The highest BCUT2D eigenvalue weighted by molar-refractivity contribution is 6.30. The fraction of sp³-hybridized carbons (Fsp3) is 0.273. The summed E-state index contributed by atoms with van der Waals surface area (Å²) in [6.07, 6.45) is 0.0641. The van der Waals surface area contributed by atoms with E-state index in [1.54, 1.807) is 24.3 Å². The van der Waals surface area contributed by atoms with Crippen LogP contribution in [0.15, 0.2) is 24.3 Å². The van der Waals surface area contributed by atoms with Gasteiger partial charge in [-0.25, -0.2) is 0 Å². The number of methoxy groups -OCH3 is 1. The number of nitrogens with zero attached hydrogens (tertiary/aromatic N) is 1. The molecule has 3 nitrogen and oxygen atoms in total. The third kappa shape index (κ3) is 3.26. The Morgan fingerprint density at radius 3 is 2.60 bits per heavy atom. The Hall–Kier alpha value is -1.53. The lowest BCUT2D eigenvalue weighted by Gasteiger charge is -2.07. The summed E-state index contributed by atoms with van der Waals surface area (Å²) in [6, 6.07) is 8.92. The van der Waals surface area contributed by atoms with E-state index in [0.29, 0.717) is 5.02 Å². The smallest absolute Gasteiger partial charge is 0.307 e. The minimum Gasteiger partial charge on any atom is -0.469 e. The second-order valence-electron chi connectivity index (χ2n) is 3.01. The van der Waals surface area contributed by atoms with Gasteiger partial charge in [-0.2, -0.15) is 5.26 Å². The van der Waals surface area contributed by atoms with Crippen molar-refractivity contribution in [3.05, 3.63) is 34.9 Å². The molecule has 0 fully saturated rings. The topological polar surface area (TPSA) is 50.1 Å². The van der Waals surface area contributed by atoms with E-state index in [1.807, 2.05) is 0 Å². The lowest BCUT2D eigenvalue weighted by molar-refractivity contribution is -0.140. The molecule has 0 bridgehead atoms. The highest BCUT2D eigenvalue weighted by atomic mass is 35.5. The summed E-state index contributed by atoms with van der Waals surface area (Å²) >= 11 is 5.72. The second kappa shape index (κ2) is 5.38. The van der Waals surface area contributed by atoms with E-state index in [-0.39, 0.29) is 6.42 Å². The summed E-state index contributed by atoms with van der Waals surface area (Å²) < 4.78 is 4.51. The van der Waals surface area contributed by atoms with Gasteiger partial charge in [0.25, 0.3) is 0 Å². The average Bonchev–Trinajstić information content (AvgIpc) is 2.27. The molecule has 0 aliphatic heterocycles. The van der Waals surface area contributed by atoms with Gasteiger partial charge >= 0.3 is 5.97 Å². The van der Waals surface area contributed by atoms with Crippen LogP contribution < -0.4 is 0 Å². The Morgan fingerprint density at radius 1 is 1.53 bits per heavy atom. The summed E-state index contributed by atoms with van der Waals surface area (Å²) in [5.41, 5.74) is 0.771. The molecule has 1 atom stereocenters. The van der Waals surface area contributed by atoms with Crippen LogP contribution in [0, 0.1) is 11.3 Å².